The lowest BCUT2D eigenvalue weighted by atomic mass is 10.1. The molecule has 0 aliphatic heterocycles. The second kappa shape index (κ2) is 6.15. The molecule has 2 aromatic carbocycles. The van der Waals surface area contributed by atoms with Gasteiger partial charge in [0.15, 0.2) is 5.82 Å². The Balaban J connectivity index is 2.38. The highest BCUT2D eigenvalue weighted by atomic mass is 79.9. The fourth-order valence-electron chi connectivity index (χ4n) is 1.70. The van der Waals surface area contributed by atoms with Gasteiger partial charge in [-0.1, -0.05) is 6.07 Å². The smallest absolute Gasteiger partial charge is 0.258 e. The van der Waals surface area contributed by atoms with E-state index in [0.717, 1.165) is 12.1 Å². The van der Waals surface area contributed by atoms with Crippen molar-refractivity contribution in [2.45, 2.75) is 0 Å². The summed E-state index contributed by atoms with van der Waals surface area (Å²) in [4.78, 5) is 12.1. The van der Waals surface area contributed by atoms with Crippen LogP contribution < -0.4 is 16.6 Å². The molecule has 4 nitrogen and oxygen atoms in total. The molecule has 0 aliphatic carbocycles. The summed E-state index contributed by atoms with van der Waals surface area (Å²) in [7, 11) is 0. The van der Waals surface area contributed by atoms with Gasteiger partial charge in [0.1, 0.15) is 11.6 Å². The highest BCUT2D eigenvalue weighted by Gasteiger charge is 2.18. The molecule has 0 saturated carbocycles. The van der Waals surface area contributed by atoms with Gasteiger partial charge in [-0.3, -0.25) is 10.6 Å². The van der Waals surface area contributed by atoms with E-state index in [0.29, 0.717) is 6.07 Å². The van der Waals surface area contributed by atoms with Gasteiger partial charge in [-0.2, -0.15) is 0 Å². The normalized spacial score (nSPS) is 10.3. The molecule has 110 valence electrons. The van der Waals surface area contributed by atoms with Gasteiger partial charge < -0.3 is 10.7 Å². The number of benzene rings is 2. The Kier molecular flexibility index (Phi) is 4.49. The average Bonchev–Trinajstić information content (AvgIpc) is 2.42. The van der Waals surface area contributed by atoms with Gasteiger partial charge >= 0.3 is 0 Å². The van der Waals surface area contributed by atoms with E-state index in [-0.39, 0.29) is 21.4 Å². The van der Waals surface area contributed by atoms with E-state index in [9.17, 15) is 18.0 Å². The summed E-state index contributed by atoms with van der Waals surface area (Å²) >= 11 is 2.94. The molecular formula is C13H9BrF3N3O. The minimum atomic E-state index is -0.964. The number of hydrogen-bond donors (Lipinski definition) is 3. The Morgan fingerprint density at radius 2 is 1.81 bits per heavy atom. The molecule has 0 unspecified atom stereocenters. The lowest BCUT2D eigenvalue weighted by Crippen LogP contribution is -2.19. The van der Waals surface area contributed by atoms with Crippen molar-refractivity contribution < 1.29 is 18.0 Å². The van der Waals surface area contributed by atoms with E-state index in [1.54, 1.807) is 0 Å². The maximum atomic E-state index is 13.6. The van der Waals surface area contributed by atoms with Crippen LogP contribution in [0.2, 0.25) is 0 Å². The molecule has 0 fully saturated rings. The highest BCUT2D eigenvalue weighted by molar-refractivity contribution is 9.10. The summed E-state index contributed by atoms with van der Waals surface area (Å²) in [5.74, 6) is 1.87. The Labute approximate surface area is 126 Å². The van der Waals surface area contributed by atoms with Gasteiger partial charge in [0, 0.05) is 10.5 Å². The van der Waals surface area contributed by atoms with Crippen LogP contribution in [0.4, 0.5) is 24.5 Å². The second-order valence-electron chi connectivity index (χ2n) is 4.01. The highest BCUT2D eigenvalue weighted by Crippen LogP contribution is 2.28. The molecule has 0 saturated heterocycles. The Hall–Kier alpha value is -2.06. The van der Waals surface area contributed by atoms with Crippen molar-refractivity contribution in [3.8, 4) is 0 Å². The molecule has 2 rings (SSSR count). The number of anilines is 2. The third kappa shape index (κ3) is 3.17. The molecule has 0 atom stereocenters. The van der Waals surface area contributed by atoms with E-state index in [1.165, 1.54) is 12.1 Å². The number of amides is 1. The Morgan fingerprint density at radius 3 is 2.43 bits per heavy atom. The van der Waals surface area contributed by atoms with E-state index >= 15 is 0 Å². The monoisotopic (exact) mass is 359 g/mol. The molecule has 8 heteroatoms. The molecule has 0 heterocycles. The zero-order valence-electron chi connectivity index (χ0n) is 10.4. The summed E-state index contributed by atoms with van der Waals surface area (Å²) in [6, 6.07) is 5.34. The summed E-state index contributed by atoms with van der Waals surface area (Å²) in [5, 5.41) is 2.23. The quantitative estimate of drug-likeness (QED) is 0.581. The van der Waals surface area contributed by atoms with Crippen LogP contribution in [0.15, 0.2) is 34.8 Å². The SMILES string of the molecule is NNc1c(F)cccc1C(=O)Nc1c(F)cc(F)cc1Br. The van der Waals surface area contributed by atoms with Crippen LogP contribution in [0.1, 0.15) is 10.4 Å². The molecule has 0 aromatic heterocycles. The van der Waals surface area contributed by atoms with E-state index in [2.05, 4.69) is 26.7 Å². The van der Waals surface area contributed by atoms with Crippen LogP contribution in [0.5, 0.6) is 0 Å². The molecule has 21 heavy (non-hydrogen) atoms. The number of hydrazine groups is 1. The molecule has 0 spiro atoms. The third-order valence-corrected chi connectivity index (χ3v) is 3.27. The predicted molar refractivity (Wildman–Crippen MR) is 76.2 cm³/mol. The predicted octanol–water partition coefficient (Wildman–Crippen LogP) is 3.40. The molecule has 0 radical (unpaired) electrons. The first-order valence-corrected chi connectivity index (χ1v) is 6.44. The number of hydrogen-bond acceptors (Lipinski definition) is 3. The maximum absolute atomic E-state index is 13.6. The van der Waals surface area contributed by atoms with Crippen molar-refractivity contribution in [1.29, 1.82) is 0 Å². The molecule has 4 N–H and O–H groups in total. The minimum Gasteiger partial charge on any atom is -0.321 e. The lowest BCUT2D eigenvalue weighted by molar-refractivity contribution is 0.102. The zero-order valence-corrected chi connectivity index (χ0v) is 12.0. The van der Waals surface area contributed by atoms with Crippen LogP contribution in [-0.2, 0) is 0 Å². The Bertz CT molecular complexity index is 686. The van der Waals surface area contributed by atoms with Gasteiger partial charge in [0.25, 0.3) is 5.91 Å². The zero-order chi connectivity index (χ0) is 15.6. The third-order valence-electron chi connectivity index (χ3n) is 2.65. The molecule has 0 bridgehead atoms. The van der Waals surface area contributed by atoms with E-state index in [4.69, 9.17) is 5.84 Å². The molecule has 1 amide bonds. The largest absolute Gasteiger partial charge is 0.321 e. The fourth-order valence-corrected chi connectivity index (χ4v) is 2.21. The Morgan fingerprint density at radius 1 is 1.10 bits per heavy atom. The van der Waals surface area contributed by atoms with Gasteiger partial charge in [-0.05, 0) is 34.1 Å². The average molecular weight is 360 g/mol. The molecular weight excluding hydrogens is 351 g/mol. The minimum absolute atomic E-state index is 0.0204. The summed E-state index contributed by atoms with van der Waals surface area (Å²) in [5.41, 5.74) is 1.47. The topological polar surface area (TPSA) is 67.1 Å². The molecule has 2 aromatic rings. The van der Waals surface area contributed by atoms with Crippen molar-refractivity contribution in [3.63, 3.8) is 0 Å². The van der Waals surface area contributed by atoms with Crippen LogP contribution in [0.25, 0.3) is 0 Å². The van der Waals surface area contributed by atoms with Crippen LogP contribution in [0, 0.1) is 17.5 Å². The number of nitrogens with two attached hydrogens (primary N) is 1. The number of carbonyl (C=O) groups is 1. The van der Waals surface area contributed by atoms with Crippen LogP contribution in [-0.4, -0.2) is 5.91 Å². The van der Waals surface area contributed by atoms with Gasteiger partial charge in [-0.25, -0.2) is 13.2 Å². The number of nitrogens with one attached hydrogen (secondary N) is 2. The summed E-state index contributed by atoms with van der Waals surface area (Å²) in [6.45, 7) is 0. The number of carbonyl (C=O) groups excluding carboxylic acids is 1. The fraction of sp³-hybridized carbons (Fsp3) is 0. The first-order valence-electron chi connectivity index (χ1n) is 5.65. The molecule has 0 aliphatic rings. The number of para-hydroxylation sites is 1. The van der Waals surface area contributed by atoms with Crippen molar-refractivity contribution in [3.05, 3.63) is 57.8 Å². The number of halogens is 4. The number of nitrogen functional groups attached to an aromatic ring is 1. The van der Waals surface area contributed by atoms with Gasteiger partial charge in [0.05, 0.1) is 16.9 Å². The van der Waals surface area contributed by atoms with E-state index < -0.39 is 23.4 Å². The summed E-state index contributed by atoms with van der Waals surface area (Å²) < 4.78 is 40.2. The van der Waals surface area contributed by atoms with Crippen molar-refractivity contribution >= 4 is 33.2 Å². The van der Waals surface area contributed by atoms with Crippen molar-refractivity contribution in [2.24, 2.45) is 5.84 Å². The number of rotatable bonds is 3. The van der Waals surface area contributed by atoms with Crippen molar-refractivity contribution in [1.82, 2.24) is 0 Å². The first-order chi connectivity index (χ1) is 9.93. The first kappa shape index (κ1) is 15.3. The van der Waals surface area contributed by atoms with Gasteiger partial charge in [0.2, 0.25) is 0 Å². The standard InChI is InChI=1S/C13H9BrF3N3O/c14-8-4-6(15)5-10(17)12(8)19-13(21)7-2-1-3-9(16)11(7)20-18/h1-5,20H,18H2,(H,19,21). The van der Waals surface area contributed by atoms with Gasteiger partial charge in [-0.15, -0.1) is 0 Å². The van der Waals surface area contributed by atoms with E-state index in [1.807, 2.05) is 0 Å². The second-order valence-corrected chi connectivity index (χ2v) is 4.86. The maximum Gasteiger partial charge on any atom is 0.258 e. The van der Waals surface area contributed by atoms with Crippen LogP contribution >= 0.6 is 15.9 Å². The lowest BCUT2D eigenvalue weighted by Gasteiger charge is -2.12. The summed E-state index contributed by atoms with van der Waals surface area (Å²) in [6.07, 6.45) is 0. The van der Waals surface area contributed by atoms with Crippen molar-refractivity contribution in [2.75, 3.05) is 10.7 Å². The van der Waals surface area contributed by atoms with Crippen LogP contribution in [0.3, 0.4) is 0 Å².